The van der Waals surface area contributed by atoms with E-state index in [0.717, 1.165) is 69.6 Å². The number of hydrogen-bond acceptors (Lipinski definition) is 5. The summed E-state index contributed by atoms with van der Waals surface area (Å²) in [4.78, 5) is 21.7. The minimum absolute atomic E-state index is 0.106. The summed E-state index contributed by atoms with van der Waals surface area (Å²) >= 11 is 0. The van der Waals surface area contributed by atoms with E-state index in [4.69, 9.17) is 14.9 Å². The number of para-hydroxylation sites is 1. The Bertz CT molecular complexity index is 1390. The van der Waals surface area contributed by atoms with Crippen molar-refractivity contribution in [1.82, 2.24) is 9.47 Å². The lowest BCUT2D eigenvalue weighted by Gasteiger charge is -2.41. The number of hydrogen-bond donors (Lipinski definition) is 3. The predicted molar refractivity (Wildman–Crippen MR) is 168 cm³/mol. The summed E-state index contributed by atoms with van der Waals surface area (Å²) in [5.41, 5.74) is 2.96. The fourth-order valence-corrected chi connectivity index (χ4v) is 7.14. The number of likely N-dealkylation sites (tertiary alicyclic amines) is 1. The highest BCUT2D eigenvalue weighted by Gasteiger charge is 2.40. The molecule has 2 aromatic carbocycles. The molecular formula is C36H44N2O6. The molecule has 6 rings (SSSR count). The number of piperidine rings is 1. The molecule has 0 spiro atoms. The molecule has 2 unspecified atom stereocenters. The molecule has 2 aliphatic heterocycles. The van der Waals surface area contributed by atoms with Gasteiger partial charge in [0.1, 0.15) is 11.9 Å². The van der Waals surface area contributed by atoms with Crippen molar-refractivity contribution in [3.05, 3.63) is 102 Å². The number of carboxylic acids is 2. The van der Waals surface area contributed by atoms with E-state index < -0.39 is 17.5 Å². The van der Waals surface area contributed by atoms with Gasteiger partial charge in [-0.25, -0.2) is 9.59 Å². The summed E-state index contributed by atoms with van der Waals surface area (Å²) in [5, 5.41) is 27.7. The summed E-state index contributed by atoms with van der Waals surface area (Å²) in [6.07, 6.45) is 12.6. The maximum atomic E-state index is 12.1. The van der Waals surface area contributed by atoms with E-state index in [0.29, 0.717) is 24.0 Å². The van der Waals surface area contributed by atoms with E-state index in [9.17, 15) is 14.7 Å². The quantitative estimate of drug-likeness (QED) is 0.262. The maximum absolute atomic E-state index is 12.1. The van der Waals surface area contributed by atoms with Crippen molar-refractivity contribution in [2.45, 2.75) is 69.6 Å². The Morgan fingerprint density at radius 1 is 0.841 bits per heavy atom. The van der Waals surface area contributed by atoms with Gasteiger partial charge in [0, 0.05) is 36.4 Å². The Kier molecular flexibility index (Phi) is 10.6. The average Bonchev–Trinajstić information content (AvgIpc) is 3.45. The standard InChI is InChI=1S/C32H40N2O2.C4H4O4/c35-32(27-11-3-1-4-12-27,28-13-5-2-6-14-28)19-23-33-21-17-25(18-22-33)31-29-15-9-20-34(29)24-26-10-7-8-16-30(26)36-31;5-3(6)1-2-4(7)8/h1,3-4,7-12,15-16,20,25,28,31,35H,2,5-6,13-14,17-19,21-24H2;1-2H,(H,5,6)(H,7,8)/b;2-1-. The Labute approximate surface area is 259 Å². The summed E-state index contributed by atoms with van der Waals surface area (Å²) in [6, 6.07) is 23.4. The Hall–Kier alpha value is -3.88. The number of ether oxygens (including phenoxy) is 1. The molecule has 3 N–H and O–H groups in total. The van der Waals surface area contributed by atoms with E-state index in [1.165, 1.54) is 30.5 Å². The van der Waals surface area contributed by atoms with Crippen LogP contribution in [0, 0.1) is 11.8 Å². The molecule has 44 heavy (non-hydrogen) atoms. The van der Waals surface area contributed by atoms with Crippen LogP contribution in [0.4, 0.5) is 0 Å². The average molecular weight is 601 g/mol. The van der Waals surface area contributed by atoms with E-state index >= 15 is 0 Å². The number of aliphatic carboxylic acids is 2. The van der Waals surface area contributed by atoms with Gasteiger partial charge in [-0.2, -0.15) is 0 Å². The molecular weight excluding hydrogens is 556 g/mol. The number of carboxylic acid groups (broad SMARTS) is 2. The van der Waals surface area contributed by atoms with Crippen LogP contribution in [0.3, 0.4) is 0 Å². The molecule has 1 aromatic heterocycles. The van der Waals surface area contributed by atoms with Crippen molar-refractivity contribution < 1.29 is 29.6 Å². The smallest absolute Gasteiger partial charge is 0.328 e. The van der Waals surface area contributed by atoms with Gasteiger partial charge in [0.05, 0.1) is 17.8 Å². The van der Waals surface area contributed by atoms with Gasteiger partial charge < -0.3 is 29.5 Å². The van der Waals surface area contributed by atoms with E-state index in [1.54, 1.807) is 0 Å². The molecule has 0 amide bonds. The number of benzene rings is 2. The molecule has 3 aromatic rings. The van der Waals surface area contributed by atoms with Crippen molar-refractivity contribution in [3.8, 4) is 5.75 Å². The van der Waals surface area contributed by atoms with Crippen LogP contribution in [-0.4, -0.2) is 56.4 Å². The second-order valence-electron chi connectivity index (χ2n) is 12.3. The van der Waals surface area contributed by atoms with Gasteiger partial charge >= 0.3 is 11.9 Å². The van der Waals surface area contributed by atoms with Gasteiger partial charge in [0.25, 0.3) is 0 Å². The zero-order valence-electron chi connectivity index (χ0n) is 25.3. The third kappa shape index (κ3) is 7.79. The van der Waals surface area contributed by atoms with Crippen molar-refractivity contribution in [2.75, 3.05) is 19.6 Å². The monoisotopic (exact) mass is 600 g/mol. The second-order valence-corrected chi connectivity index (χ2v) is 12.3. The van der Waals surface area contributed by atoms with Crippen LogP contribution in [-0.2, 0) is 21.7 Å². The topological polar surface area (TPSA) is 112 Å². The van der Waals surface area contributed by atoms with Crippen LogP contribution < -0.4 is 4.74 Å². The van der Waals surface area contributed by atoms with Crippen molar-refractivity contribution in [1.29, 1.82) is 0 Å². The molecule has 8 nitrogen and oxygen atoms in total. The molecule has 3 heterocycles. The third-order valence-corrected chi connectivity index (χ3v) is 9.52. The Morgan fingerprint density at radius 3 is 2.18 bits per heavy atom. The Balaban J connectivity index is 0.000000426. The molecule has 3 aliphatic rings. The van der Waals surface area contributed by atoms with Crippen molar-refractivity contribution in [2.24, 2.45) is 11.8 Å². The number of fused-ring (bicyclic) bond motifs is 2. The first-order chi connectivity index (χ1) is 21.3. The molecule has 1 aliphatic carbocycles. The molecule has 2 atom stereocenters. The van der Waals surface area contributed by atoms with Gasteiger partial charge in [0.15, 0.2) is 0 Å². The first-order valence-corrected chi connectivity index (χ1v) is 15.9. The highest BCUT2D eigenvalue weighted by atomic mass is 16.5. The molecule has 8 heteroatoms. The summed E-state index contributed by atoms with van der Waals surface area (Å²) in [6.45, 7) is 3.98. The fourth-order valence-electron chi connectivity index (χ4n) is 7.14. The molecule has 1 saturated heterocycles. The van der Waals surface area contributed by atoms with Crippen LogP contribution >= 0.6 is 0 Å². The van der Waals surface area contributed by atoms with E-state index in [1.807, 2.05) is 0 Å². The van der Waals surface area contributed by atoms with Crippen LogP contribution in [0.5, 0.6) is 5.75 Å². The largest absolute Gasteiger partial charge is 0.484 e. The number of rotatable bonds is 8. The lowest BCUT2D eigenvalue weighted by Crippen LogP contribution is -2.43. The van der Waals surface area contributed by atoms with Crippen LogP contribution in [0.25, 0.3) is 0 Å². The normalized spacial score (nSPS) is 20.7. The second kappa shape index (κ2) is 14.7. The number of aliphatic hydroxyl groups is 1. The summed E-state index contributed by atoms with van der Waals surface area (Å²) in [5.74, 6) is -0.598. The first kappa shape index (κ1) is 31.5. The van der Waals surface area contributed by atoms with Gasteiger partial charge in [-0.15, -0.1) is 0 Å². The third-order valence-electron chi connectivity index (χ3n) is 9.52. The minimum Gasteiger partial charge on any atom is -0.484 e. The molecule has 1 saturated carbocycles. The molecule has 0 radical (unpaired) electrons. The number of nitrogens with zero attached hydrogens (tertiary/aromatic N) is 2. The van der Waals surface area contributed by atoms with Gasteiger partial charge in [-0.05, 0) is 74.9 Å². The molecule has 0 bridgehead atoms. The van der Waals surface area contributed by atoms with Gasteiger partial charge in [-0.3, -0.25) is 0 Å². The first-order valence-electron chi connectivity index (χ1n) is 15.9. The van der Waals surface area contributed by atoms with E-state index in [-0.39, 0.29) is 6.10 Å². The highest BCUT2D eigenvalue weighted by Crippen LogP contribution is 2.43. The Morgan fingerprint density at radius 2 is 1.50 bits per heavy atom. The van der Waals surface area contributed by atoms with Crippen LogP contribution in [0.15, 0.2) is 85.1 Å². The van der Waals surface area contributed by atoms with Gasteiger partial charge in [0.2, 0.25) is 0 Å². The number of carbonyl (C=O) groups is 2. The zero-order valence-corrected chi connectivity index (χ0v) is 25.3. The van der Waals surface area contributed by atoms with Crippen molar-refractivity contribution in [3.63, 3.8) is 0 Å². The number of aromatic nitrogens is 1. The van der Waals surface area contributed by atoms with Gasteiger partial charge in [-0.1, -0.05) is 67.8 Å². The maximum Gasteiger partial charge on any atom is 0.328 e. The minimum atomic E-state index is -1.26. The van der Waals surface area contributed by atoms with E-state index in [2.05, 4.69) is 82.4 Å². The van der Waals surface area contributed by atoms with Crippen molar-refractivity contribution >= 4 is 11.9 Å². The fraction of sp³-hybridized carbons (Fsp3) is 0.444. The molecule has 234 valence electrons. The summed E-state index contributed by atoms with van der Waals surface area (Å²) < 4.78 is 9.06. The highest BCUT2D eigenvalue weighted by molar-refractivity contribution is 5.89. The van der Waals surface area contributed by atoms with Crippen LogP contribution in [0.2, 0.25) is 0 Å². The lowest BCUT2D eigenvalue weighted by molar-refractivity contribution is -0.134. The van der Waals surface area contributed by atoms with Crippen LogP contribution in [0.1, 0.15) is 74.3 Å². The molecule has 2 fully saturated rings. The lowest BCUT2D eigenvalue weighted by atomic mass is 9.71. The summed E-state index contributed by atoms with van der Waals surface area (Å²) in [7, 11) is 0. The predicted octanol–water partition coefficient (Wildman–Crippen LogP) is 6.25. The SMILES string of the molecule is O=C(O)/C=C\C(=O)O.OC(CCN1CCC(C2Oc3ccccc3Cn3cccc32)CC1)(c1ccccc1)C1CCCCC1. The zero-order chi connectivity index (χ0) is 30.9.